The van der Waals surface area contributed by atoms with Gasteiger partial charge in [0.2, 0.25) is 0 Å². The van der Waals surface area contributed by atoms with Gasteiger partial charge in [-0.05, 0) is 37.3 Å². The molecule has 5 heteroatoms. The van der Waals surface area contributed by atoms with Crippen molar-refractivity contribution in [2.45, 2.75) is 33.2 Å². The molecule has 2 atom stereocenters. The summed E-state index contributed by atoms with van der Waals surface area (Å²) >= 11 is 1.49. The van der Waals surface area contributed by atoms with Crippen LogP contribution < -0.4 is 5.32 Å². The van der Waals surface area contributed by atoms with E-state index in [1.807, 2.05) is 6.92 Å². The van der Waals surface area contributed by atoms with Crippen LogP contribution in [0.5, 0.6) is 0 Å². The zero-order chi connectivity index (χ0) is 12.0. The molecule has 16 heavy (non-hydrogen) atoms. The van der Waals surface area contributed by atoms with Crippen LogP contribution >= 0.6 is 11.5 Å². The lowest BCUT2D eigenvalue weighted by atomic mass is 9.96. The first kappa shape index (κ1) is 13.5. The SMILES string of the molecule is CCNC(c1snnc1C)C(C)CCOC. The first-order valence-corrected chi connectivity index (χ1v) is 6.49. The molecule has 0 amide bonds. The van der Waals surface area contributed by atoms with E-state index in [2.05, 4.69) is 28.8 Å². The summed E-state index contributed by atoms with van der Waals surface area (Å²) in [5.41, 5.74) is 1.04. The second-order valence-electron chi connectivity index (χ2n) is 4.02. The van der Waals surface area contributed by atoms with Crippen molar-refractivity contribution in [3.05, 3.63) is 10.6 Å². The Labute approximate surface area is 102 Å². The molecule has 0 aliphatic rings. The molecule has 1 N–H and O–H groups in total. The number of hydrogen-bond acceptors (Lipinski definition) is 5. The highest BCUT2D eigenvalue weighted by Crippen LogP contribution is 2.28. The zero-order valence-electron chi connectivity index (χ0n) is 10.5. The molecule has 0 saturated carbocycles. The van der Waals surface area contributed by atoms with Crippen molar-refractivity contribution in [1.82, 2.24) is 14.9 Å². The van der Waals surface area contributed by atoms with E-state index < -0.39 is 0 Å². The highest BCUT2D eigenvalue weighted by molar-refractivity contribution is 7.05. The molecule has 0 aromatic carbocycles. The fraction of sp³-hybridized carbons (Fsp3) is 0.818. The molecule has 2 unspecified atom stereocenters. The number of aryl methyl sites for hydroxylation is 1. The van der Waals surface area contributed by atoms with E-state index in [-0.39, 0.29) is 0 Å². The van der Waals surface area contributed by atoms with Crippen LogP contribution in [0.3, 0.4) is 0 Å². The first-order chi connectivity index (χ1) is 7.70. The monoisotopic (exact) mass is 243 g/mol. The van der Waals surface area contributed by atoms with Crippen molar-refractivity contribution in [2.75, 3.05) is 20.3 Å². The molecule has 0 radical (unpaired) electrons. The van der Waals surface area contributed by atoms with Gasteiger partial charge >= 0.3 is 0 Å². The maximum atomic E-state index is 5.13. The summed E-state index contributed by atoms with van der Waals surface area (Å²) in [4.78, 5) is 1.26. The van der Waals surface area contributed by atoms with E-state index in [4.69, 9.17) is 4.74 Å². The summed E-state index contributed by atoms with van der Waals surface area (Å²) in [6.45, 7) is 8.14. The Bertz CT molecular complexity index is 303. The number of nitrogens with zero attached hydrogens (tertiary/aromatic N) is 2. The Hall–Kier alpha value is -0.520. The predicted octanol–water partition coefficient (Wildman–Crippen LogP) is 2.17. The standard InChI is InChI=1S/C11H21N3OS/c1-5-12-10(8(2)6-7-15-4)11-9(3)13-14-16-11/h8,10,12H,5-7H2,1-4H3. The Morgan fingerprint density at radius 3 is 2.75 bits per heavy atom. The predicted molar refractivity (Wildman–Crippen MR) is 66.7 cm³/mol. The number of rotatable bonds is 7. The van der Waals surface area contributed by atoms with Crippen LogP contribution in [-0.4, -0.2) is 29.8 Å². The number of aromatic nitrogens is 2. The maximum absolute atomic E-state index is 5.13. The van der Waals surface area contributed by atoms with Crippen LogP contribution in [-0.2, 0) is 4.74 Å². The van der Waals surface area contributed by atoms with Gasteiger partial charge in [0.25, 0.3) is 0 Å². The van der Waals surface area contributed by atoms with Crippen molar-refractivity contribution in [3.8, 4) is 0 Å². The summed E-state index contributed by atoms with van der Waals surface area (Å²) in [5, 5.41) is 7.59. The maximum Gasteiger partial charge on any atom is 0.0772 e. The molecular weight excluding hydrogens is 222 g/mol. The zero-order valence-corrected chi connectivity index (χ0v) is 11.3. The third-order valence-electron chi connectivity index (χ3n) is 2.74. The molecule has 0 saturated heterocycles. The molecule has 0 bridgehead atoms. The topological polar surface area (TPSA) is 47.0 Å². The molecular formula is C11H21N3OS. The summed E-state index contributed by atoms with van der Waals surface area (Å²) in [6.07, 6.45) is 1.05. The Balaban J connectivity index is 2.70. The third-order valence-corrected chi connectivity index (χ3v) is 3.65. The van der Waals surface area contributed by atoms with E-state index in [1.54, 1.807) is 7.11 Å². The molecule has 1 heterocycles. The normalized spacial score (nSPS) is 15.0. The van der Waals surface area contributed by atoms with Crippen LogP contribution in [0.15, 0.2) is 0 Å². The molecule has 0 aliphatic heterocycles. The highest BCUT2D eigenvalue weighted by Gasteiger charge is 2.22. The van der Waals surface area contributed by atoms with E-state index in [1.165, 1.54) is 16.4 Å². The minimum absolute atomic E-state index is 0.347. The van der Waals surface area contributed by atoms with Gasteiger partial charge in [0.15, 0.2) is 0 Å². The lowest BCUT2D eigenvalue weighted by molar-refractivity contribution is 0.171. The van der Waals surface area contributed by atoms with Gasteiger partial charge in [0.05, 0.1) is 10.6 Å². The van der Waals surface area contributed by atoms with E-state index >= 15 is 0 Å². The van der Waals surface area contributed by atoms with Gasteiger partial charge < -0.3 is 10.1 Å². The second kappa shape index (κ2) is 6.93. The van der Waals surface area contributed by atoms with E-state index in [9.17, 15) is 0 Å². The largest absolute Gasteiger partial charge is 0.385 e. The lowest BCUT2D eigenvalue weighted by Gasteiger charge is -2.23. The van der Waals surface area contributed by atoms with Crippen LogP contribution in [0.2, 0.25) is 0 Å². The summed E-state index contributed by atoms with van der Waals surface area (Å²) < 4.78 is 9.14. The number of hydrogen-bond donors (Lipinski definition) is 1. The highest BCUT2D eigenvalue weighted by atomic mass is 32.1. The molecule has 4 nitrogen and oxygen atoms in total. The molecule has 0 aliphatic carbocycles. The molecule has 0 spiro atoms. The van der Waals surface area contributed by atoms with Crippen LogP contribution in [0, 0.1) is 12.8 Å². The van der Waals surface area contributed by atoms with Crippen molar-refractivity contribution < 1.29 is 4.74 Å². The van der Waals surface area contributed by atoms with Gasteiger partial charge in [-0.2, -0.15) is 0 Å². The molecule has 1 rings (SSSR count). The summed E-state index contributed by atoms with van der Waals surface area (Å²) in [6, 6.07) is 0.347. The molecule has 0 fully saturated rings. The van der Waals surface area contributed by atoms with Crippen molar-refractivity contribution in [3.63, 3.8) is 0 Å². The van der Waals surface area contributed by atoms with E-state index in [0.29, 0.717) is 12.0 Å². The minimum atomic E-state index is 0.347. The smallest absolute Gasteiger partial charge is 0.0772 e. The molecule has 1 aromatic rings. The quantitative estimate of drug-likeness (QED) is 0.797. The Morgan fingerprint density at radius 2 is 2.25 bits per heavy atom. The number of ether oxygens (including phenoxy) is 1. The Morgan fingerprint density at radius 1 is 1.50 bits per heavy atom. The average molecular weight is 243 g/mol. The van der Waals surface area contributed by atoms with Crippen molar-refractivity contribution in [1.29, 1.82) is 0 Å². The van der Waals surface area contributed by atoms with Gasteiger partial charge in [-0.3, -0.25) is 0 Å². The van der Waals surface area contributed by atoms with Crippen LogP contribution in [0.4, 0.5) is 0 Å². The minimum Gasteiger partial charge on any atom is -0.385 e. The fourth-order valence-electron chi connectivity index (χ4n) is 1.77. The number of nitrogens with one attached hydrogen (secondary N) is 1. The van der Waals surface area contributed by atoms with Gasteiger partial charge in [-0.1, -0.05) is 18.3 Å². The molecule has 1 aromatic heterocycles. The average Bonchev–Trinajstić information content (AvgIpc) is 2.69. The Kier molecular flexibility index (Phi) is 5.87. The van der Waals surface area contributed by atoms with Gasteiger partial charge in [0.1, 0.15) is 0 Å². The third kappa shape index (κ3) is 3.50. The fourth-order valence-corrected chi connectivity index (χ4v) is 2.62. The lowest BCUT2D eigenvalue weighted by Crippen LogP contribution is -2.27. The van der Waals surface area contributed by atoms with Gasteiger partial charge in [-0.25, -0.2) is 0 Å². The first-order valence-electron chi connectivity index (χ1n) is 5.71. The van der Waals surface area contributed by atoms with Crippen molar-refractivity contribution in [2.24, 2.45) is 5.92 Å². The van der Waals surface area contributed by atoms with E-state index in [0.717, 1.165) is 25.3 Å². The summed E-state index contributed by atoms with van der Waals surface area (Å²) in [7, 11) is 1.74. The molecule has 92 valence electrons. The summed E-state index contributed by atoms with van der Waals surface area (Å²) in [5.74, 6) is 0.529. The van der Waals surface area contributed by atoms with Crippen LogP contribution in [0.25, 0.3) is 0 Å². The van der Waals surface area contributed by atoms with Crippen molar-refractivity contribution >= 4 is 11.5 Å². The van der Waals surface area contributed by atoms with Gasteiger partial charge in [-0.15, -0.1) is 5.10 Å². The second-order valence-corrected chi connectivity index (χ2v) is 4.80. The van der Waals surface area contributed by atoms with Gasteiger partial charge in [0, 0.05) is 19.8 Å². The number of methoxy groups -OCH3 is 1. The van der Waals surface area contributed by atoms with Crippen LogP contribution in [0.1, 0.15) is 36.9 Å².